The Balaban J connectivity index is 1.79. The van der Waals surface area contributed by atoms with E-state index in [-0.39, 0.29) is 5.91 Å². The summed E-state index contributed by atoms with van der Waals surface area (Å²) in [5, 5.41) is 4.00. The average Bonchev–Trinajstić information content (AvgIpc) is 3.18. The first-order valence-corrected chi connectivity index (χ1v) is 8.87. The summed E-state index contributed by atoms with van der Waals surface area (Å²) in [5.74, 6) is -0.423. The zero-order chi connectivity index (χ0) is 19.2. The van der Waals surface area contributed by atoms with Gasteiger partial charge in [0.2, 0.25) is 0 Å². The minimum atomic E-state index is -0.434. The van der Waals surface area contributed by atoms with E-state index in [0.717, 1.165) is 10.2 Å². The molecule has 6 nitrogen and oxygen atoms in total. The Morgan fingerprint density at radius 2 is 1.85 bits per heavy atom. The van der Waals surface area contributed by atoms with E-state index in [1.54, 1.807) is 30.3 Å². The molecule has 3 aromatic rings. The Morgan fingerprint density at radius 3 is 2.59 bits per heavy atom. The number of hydrazone groups is 1. The van der Waals surface area contributed by atoms with Crippen LogP contribution in [0.1, 0.15) is 22.8 Å². The van der Waals surface area contributed by atoms with Crippen molar-refractivity contribution in [2.45, 2.75) is 6.92 Å². The Morgan fingerprint density at radius 1 is 1.11 bits per heavy atom. The number of benzene rings is 2. The fraction of sp³-hybridized carbons (Fsp3) is 0.0500. The second-order valence-corrected chi connectivity index (χ2v) is 6.50. The van der Waals surface area contributed by atoms with Gasteiger partial charge >= 0.3 is 5.97 Å². The minimum absolute atomic E-state index is 0.348. The van der Waals surface area contributed by atoms with E-state index in [0.29, 0.717) is 16.9 Å². The summed E-state index contributed by atoms with van der Waals surface area (Å²) in [6.07, 6.45) is 5.16. The average molecular weight is 426 g/mol. The van der Waals surface area contributed by atoms with Gasteiger partial charge in [-0.15, -0.1) is 0 Å². The van der Waals surface area contributed by atoms with Crippen LogP contribution in [0.5, 0.6) is 5.75 Å². The SMILES string of the molecule is CC(=O)Oc1ccc(Br)cc1/C=N\NC(=O)c1ccccc1-n1cccc1. The quantitative estimate of drug-likeness (QED) is 0.291. The molecule has 0 fully saturated rings. The lowest BCUT2D eigenvalue weighted by atomic mass is 10.1. The predicted octanol–water partition coefficient (Wildman–Crippen LogP) is 3.93. The maximum atomic E-state index is 12.5. The standard InChI is InChI=1S/C20H16BrN3O3/c1-14(25)27-19-9-8-16(21)12-15(19)13-22-23-20(26)17-6-2-3-7-18(17)24-10-4-5-11-24/h2-13H,1H3,(H,23,26)/b22-13-. The van der Waals surface area contributed by atoms with Crippen LogP contribution in [0.2, 0.25) is 0 Å². The molecular weight excluding hydrogens is 410 g/mol. The maximum absolute atomic E-state index is 12.5. The van der Waals surface area contributed by atoms with Gasteiger partial charge in [0.15, 0.2) is 0 Å². The molecule has 0 saturated carbocycles. The van der Waals surface area contributed by atoms with Crippen LogP contribution in [0.15, 0.2) is 76.6 Å². The van der Waals surface area contributed by atoms with E-state index in [1.165, 1.54) is 13.1 Å². The van der Waals surface area contributed by atoms with Crippen molar-refractivity contribution in [1.82, 2.24) is 9.99 Å². The summed E-state index contributed by atoms with van der Waals surface area (Å²) in [6, 6.07) is 16.1. The summed E-state index contributed by atoms with van der Waals surface area (Å²) >= 11 is 3.36. The summed E-state index contributed by atoms with van der Waals surface area (Å²) in [7, 11) is 0. The number of esters is 1. The molecule has 0 bridgehead atoms. The number of rotatable bonds is 5. The highest BCUT2D eigenvalue weighted by atomic mass is 79.9. The summed E-state index contributed by atoms with van der Waals surface area (Å²) in [4.78, 5) is 23.8. The zero-order valence-electron chi connectivity index (χ0n) is 14.4. The topological polar surface area (TPSA) is 72.7 Å². The van der Waals surface area contributed by atoms with Crippen molar-refractivity contribution in [2.75, 3.05) is 0 Å². The van der Waals surface area contributed by atoms with E-state index in [1.807, 2.05) is 41.2 Å². The Labute approximate surface area is 164 Å². The van der Waals surface area contributed by atoms with Crippen molar-refractivity contribution < 1.29 is 14.3 Å². The molecule has 1 aromatic heterocycles. The molecule has 0 unspecified atom stereocenters. The lowest BCUT2D eigenvalue weighted by molar-refractivity contribution is -0.131. The monoisotopic (exact) mass is 425 g/mol. The molecule has 27 heavy (non-hydrogen) atoms. The fourth-order valence-corrected chi connectivity index (χ4v) is 2.85. The molecular formula is C20H16BrN3O3. The van der Waals surface area contributed by atoms with E-state index in [2.05, 4.69) is 26.5 Å². The van der Waals surface area contributed by atoms with E-state index in [4.69, 9.17) is 4.74 Å². The molecule has 0 saturated heterocycles. The molecule has 0 aliphatic heterocycles. The van der Waals surface area contributed by atoms with Gasteiger partial charge in [0.1, 0.15) is 5.75 Å². The zero-order valence-corrected chi connectivity index (χ0v) is 16.0. The lowest BCUT2D eigenvalue weighted by Gasteiger charge is -2.09. The second-order valence-electron chi connectivity index (χ2n) is 5.58. The summed E-state index contributed by atoms with van der Waals surface area (Å²) in [5.41, 5.74) is 4.30. The van der Waals surface area contributed by atoms with Gasteiger partial charge in [-0.2, -0.15) is 5.10 Å². The minimum Gasteiger partial charge on any atom is -0.426 e. The molecule has 3 rings (SSSR count). The number of amides is 1. The molecule has 0 atom stereocenters. The van der Waals surface area contributed by atoms with Crippen LogP contribution < -0.4 is 10.2 Å². The molecule has 7 heteroatoms. The van der Waals surface area contributed by atoms with Crippen LogP contribution >= 0.6 is 15.9 Å². The number of hydrogen-bond acceptors (Lipinski definition) is 4. The smallest absolute Gasteiger partial charge is 0.308 e. The molecule has 0 aliphatic rings. The number of nitrogens with one attached hydrogen (secondary N) is 1. The van der Waals surface area contributed by atoms with Gasteiger partial charge in [0, 0.05) is 29.4 Å². The normalized spacial score (nSPS) is 10.7. The van der Waals surface area contributed by atoms with E-state index >= 15 is 0 Å². The first-order chi connectivity index (χ1) is 13.0. The summed E-state index contributed by atoms with van der Waals surface area (Å²) in [6.45, 7) is 1.32. The van der Waals surface area contributed by atoms with Crippen LogP contribution in [0.25, 0.3) is 5.69 Å². The van der Waals surface area contributed by atoms with Crippen molar-refractivity contribution in [1.29, 1.82) is 0 Å². The third-order valence-corrected chi connectivity index (χ3v) is 4.12. The molecule has 136 valence electrons. The van der Waals surface area contributed by atoms with Crippen LogP contribution in [-0.2, 0) is 4.79 Å². The molecule has 1 amide bonds. The van der Waals surface area contributed by atoms with Crippen LogP contribution in [0, 0.1) is 0 Å². The van der Waals surface area contributed by atoms with Crippen LogP contribution in [-0.4, -0.2) is 22.7 Å². The molecule has 0 radical (unpaired) electrons. The van der Waals surface area contributed by atoms with Gasteiger partial charge in [-0.3, -0.25) is 9.59 Å². The number of aromatic nitrogens is 1. The largest absolute Gasteiger partial charge is 0.426 e. The van der Waals surface area contributed by atoms with Crippen LogP contribution in [0.3, 0.4) is 0 Å². The number of halogens is 1. The number of nitrogens with zero attached hydrogens (tertiary/aromatic N) is 2. The van der Waals surface area contributed by atoms with Crippen molar-refractivity contribution >= 4 is 34.0 Å². The summed E-state index contributed by atoms with van der Waals surface area (Å²) < 4.78 is 7.79. The van der Waals surface area contributed by atoms with Crippen LogP contribution in [0.4, 0.5) is 0 Å². The highest BCUT2D eigenvalue weighted by Crippen LogP contribution is 2.22. The van der Waals surface area contributed by atoms with Gasteiger partial charge in [0.25, 0.3) is 5.91 Å². The Hall–Kier alpha value is -3.19. The van der Waals surface area contributed by atoms with Gasteiger partial charge < -0.3 is 9.30 Å². The first kappa shape index (κ1) is 18.6. The number of para-hydroxylation sites is 1. The van der Waals surface area contributed by atoms with Gasteiger partial charge in [-0.1, -0.05) is 28.1 Å². The number of ether oxygens (including phenoxy) is 1. The van der Waals surface area contributed by atoms with Gasteiger partial charge in [-0.25, -0.2) is 5.43 Å². The highest BCUT2D eigenvalue weighted by Gasteiger charge is 2.11. The maximum Gasteiger partial charge on any atom is 0.308 e. The number of hydrogen-bond donors (Lipinski definition) is 1. The lowest BCUT2D eigenvalue weighted by Crippen LogP contribution is -2.19. The number of carbonyl (C=O) groups excluding carboxylic acids is 2. The van der Waals surface area contributed by atoms with E-state index < -0.39 is 5.97 Å². The molecule has 2 aromatic carbocycles. The van der Waals surface area contributed by atoms with E-state index in [9.17, 15) is 9.59 Å². The van der Waals surface area contributed by atoms with Crippen molar-refractivity contribution in [3.63, 3.8) is 0 Å². The fourth-order valence-electron chi connectivity index (χ4n) is 2.47. The molecule has 0 spiro atoms. The van der Waals surface area contributed by atoms with Gasteiger partial charge in [-0.05, 0) is 42.5 Å². The Kier molecular flexibility index (Phi) is 5.83. The third-order valence-electron chi connectivity index (χ3n) is 3.63. The molecule has 1 heterocycles. The molecule has 1 N–H and O–H groups in total. The predicted molar refractivity (Wildman–Crippen MR) is 106 cm³/mol. The second kappa shape index (κ2) is 8.46. The Bertz CT molecular complexity index is 997. The van der Waals surface area contributed by atoms with Gasteiger partial charge in [0.05, 0.1) is 17.5 Å². The number of carbonyl (C=O) groups is 2. The third kappa shape index (κ3) is 4.71. The highest BCUT2D eigenvalue weighted by molar-refractivity contribution is 9.10. The van der Waals surface area contributed by atoms with Crippen molar-refractivity contribution in [2.24, 2.45) is 5.10 Å². The molecule has 0 aliphatic carbocycles. The van der Waals surface area contributed by atoms with Crippen molar-refractivity contribution in [3.05, 3.63) is 82.6 Å². The first-order valence-electron chi connectivity index (χ1n) is 8.08. The van der Waals surface area contributed by atoms with Crippen molar-refractivity contribution in [3.8, 4) is 11.4 Å².